The third kappa shape index (κ3) is 3.32. The van der Waals surface area contributed by atoms with Crippen LogP contribution in [0, 0.1) is 0 Å². The van der Waals surface area contributed by atoms with E-state index in [9.17, 15) is 9.59 Å². The van der Waals surface area contributed by atoms with Gasteiger partial charge in [0.15, 0.2) is 5.13 Å². The third-order valence-corrected chi connectivity index (χ3v) is 5.42. The molecule has 0 spiro atoms. The maximum Gasteiger partial charge on any atom is 0.267 e. The number of rotatable bonds is 4. The number of hydrogen-bond donors (Lipinski definition) is 1. The van der Waals surface area contributed by atoms with Gasteiger partial charge < -0.3 is 0 Å². The summed E-state index contributed by atoms with van der Waals surface area (Å²) >= 11 is 1.39. The summed E-state index contributed by atoms with van der Waals surface area (Å²) in [6.07, 6.45) is 0. The summed E-state index contributed by atoms with van der Waals surface area (Å²) in [6.45, 7) is 3.33. The normalized spacial score (nSPS) is 11.5. The van der Waals surface area contributed by atoms with E-state index in [0.29, 0.717) is 10.8 Å². The van der Waals surface area contributed by atoms with Gasteiger partial charge in [-0.05, 0) is 32.0 Å². The molecule has 0 aliphatic carbocycles. The fraction of sp³-hybridized carbons (Fsp3) is 0.143. The zero-order chi connectivity index (χ0) is 19.7. The summed E-state index contributed by atoms with van der Waals surface area (Å²) in [4.78, 5) is 29.8. The van der Waals surface area contributed by atoms with Crippen molar-refractivity contribution in [1.29, 1.82) is 0 Å². The van der Waals surface area contributed by atoms with Crippen molar-refractivity contribution in [2.75, 3.05) is 5.32 Å². The lowest BCUT2D eigenvalue weighted by Crippen LogP contribution is -2.47. The van der Waals surface area contributed by atoms with Crippen LogP contribution in [0.5, 0.6) is 0 Å². The molecule has 0 aliphatic heterocycles. The second kappa shape index (κ2) is 7.01. The number of fused-ring (bicyclic) bond motifs is 1. The zero-order valence-electron chi connectivity index (χ0n) is 15.4. The van der Waals surface area contributed by atoms with Crippen molar-refractivity contribution >= 4 is 32.6 Å². The van der Waals surface area contributed by atoms with Crippen molar-refractivity contribution < 1.29 is 4.79 Å². The van der Waals surface area contributed by atoms with Crippen LogP contribution in [0.1, 0.15) is 13.8 Å². The molecule has 0 bridgehead atoms. The van der Waals surface area contributed by atoms with Gasteiger partial charge in [-0.3, -0.25) is 14.9 Å². The maximum absolute atomic E-state index is 13.0. The van der Waals surface area contributed by atoms with Crippen LogP contribution < -0.4 is 10.9 Å². The number of nitrogens with zero attached hydrogens (tertiary/aromatic N) is 3. The summed E-state index contributed by atoms with van der Waals surface area (Å²) in [5, 5.41) is 7.76. The van der Waals surface area contributed by atoms with Crippen molar-refractivity contribution in [3.63, 3.8) is 0 Å². The highest BCUT2D eigenvalue weighted by molar-refractivity contribution is 7.22. The minimum Gasteiger partial charge on any atom is -0.300 e. The first-order valence-electron chi connectivity index (χ1n) is 8.78. The first kappa shape index (κ1) is 18.1. The van der Waals surface area contributed by atoms with Crippen LogP contribution >= 0.6 is 11.3 Å². The van der Waals surface area contributed by atoms with Gasteiger partial charge in [0.1, 0.15) is 5.54 Å². The zero-order valence-corrected chi connectivity index (χ0v) is 16.2. The summed E-state index contributed by atoms with van der Waals surface area (Å²) in [5.41, 5.74) is 0.783. The number of para-hydroxylation sites is 1. The Hall–Kier alpha value is -3.32. The van der Waals surface area contributed by atoms with E-state index in [0.717, 1.165) is 15.8 Å². The van der Waals surface area contributed by atoms with E-state index in [1.165, 1.54) is 22.1 Å². The largest absolute Gasteiger partial charge is 0.300 e. The molecule has 0 unspecified atom stereocenters. The molecule has 2 heterocycles. The van der Waals surface area contributed by atoms with E-state index in [1.54, 1.807) is 19.9 Å². The van der Waals surface area contributed by atoms with Gasteiger partial charge >= 0.3 is 0 Å². The smallest absolute Gasteiger partial charge is 0.267 e. The summed E-state index contributed by atoms with van der Waals surface area (Å²) < 4.78 is 2.20. The van der Waals surface area contributed by atoms with Crippen molar-refractivity contribution in [2.24, 2.45) is 0 Å². The summed E-state index contributed by atoms with van der Waals surface area (Å²) in [6, 6.07) is 20.3. The SMILES string of the molecule is CC(C)(C(=O)Nc1nc2ccccc2s1)n1nc(-c2ccccc2)ccc1=O. The van der Waals surface area contributed by atoms with Crippen LogP contribution in [0.3, 0.4) is 0 Å². The van der Waals surface area contributed by atoms with Crippen molar-refractivity contribution in [3.8, 4) is 11.3 Å². The molecular formula is C21H18N4O2S. The van der Waals surface area contributed by atoms with Crippen LogP contribution in [0.15, 0.2) is 71.5 Å². The third-order valence-electron chi connectivity index (χ3n) is 4.47. The Balaban J connectivity index is 1.67. The van der Waals surface area contributed by atoms with Crippen LogP contribution in [-0.4, -0.2) is 20.7 Å². The predicted octanol–water partition coefficient (Wildman–Crippen LogP) is 3.89. The van der Waals surface area contributed by atoms with Gasteiger partial charge in [0.2, 0.25) is 0 Å². The summed E-state index contributed by atoms with van der Waals surface area (Å²) in [7, 11) is 0. The Kier molecular flexibility index (Phi) is 4.52. The second-order valence-corrected chi connectivity index (χ2v) is 7.87. The Bertz CT molecular complexity index is 1180. The molecule has 1 N–H and O–H groups in total. The van der Waals surface area contributed by atoms with E-state index in [2.05, 4.69) is 15.4 Å². The predicted molar refractivity (Wildman–Crippen MR) is 112 cm³/mol. The van der Waals surface area contributed by atoms with Gasteiger partial charge in [-0.25, -0.2) is 9.67 Å². The molecule has 0 aliphatic rings. The topological polar surface area (TPSA) is 76.9 Å². The molecule has 0 saturated carbocycles. The number of carbonyl (C=O) groups excluding carboxylic acids is 1. The van der Waals surface area contributed by atoms with E-state index in [-0.39, 0.29) is 11.5 Å². The molecule has 4 aromatic rings. The first-order valence-corrected chi connectivity index (χ1v) is 9.60. The lowest BCUT2D eigenvalue weighted by Gasteiger charge is -2.24. The van der Waals surface area contributed by atoms with E-state index < -0.39 is 5.54 Å². The van der Waals surface area contributed by atoms with Gasteiger partial charge in [0.25, 0.3) is 11.5 Å². The monoisotopic (exact) mass is 390 g/mol. The van der Waals surface area contributed by atoms with Gasteiger partial charge in [-0.15, -0.1) is 0 Å². The average Bonchev–Trinajstić information content (AvgIpc) is 3.11. The van der Waals surface area contributed by atoms with Crippen LogP contribution in [0.4, 0.5) is 5.13 Å². The van der Waals surface area contributed by atoms with Gasteiger partial charge in [0.05, 0.1) is 15.9 Å². The quantitative estimate of drug-likeness (QED) is 0.573. The minimum atomic E-state index is -1.19. The number of hydrogen-bond acceptors (Lipinski definition) is 5. The van der Waals surface area contributed by atoms with E-state index in [4.69, 9.17) is 0 Å². The van der Waals surface area contributed by atoms with Gasteiger partial charge in [-0.1, -0.05) is 53.8 Å². The molecule has 0 saturated heterocycles. The number of nitrogens with one attached hydrogen (secondary N) is 1. The Morgan fingerprint density at radius 3 is 2.46 bits per heavy atom. The Morgan fingerprint density at radius 1 is 1.00 bits per heavy atom. The number of benzene rings is 2. The molecule has 140 valence electrons. The van der Waals surface area contributed by atoms with Crippen LogP contribution in [0.25, 0.3) is 21.5 Å². The van der Waals surface area contributed by atoms with Gasteiger partial charge in [0, 0.05) is 11.6 Å². The van der Waals surface area contributed by atoms with Crippen LogP contribution in [-0.2, 0) is 10.3 Å². The molecule has 1 amide bonds. The number of anilines is 1. The highest BCUT2D eigenvalue weighted by atomic mass is 32.1. The van der Waals surface area contributed by atoms with E-state index >= 15 is 0 Å². The maximum atomic E-state index is 13.0. The van der Waals surface area contributed by atoms with Crippen molar-refractivity contribution in [2.45, 2.75) is 19.4 Å². The Labute approximate surface area is 165 Å². The van der Waals surface area contributed by atoms with E-state index in [1.807, 2.05) is 54.6 Å². The fourth-order valence-corrected chi connectivity index (χ4v) is 3.71. The second-order valence-electron chi connectivity index (χ2n) is 6.83. The highest BCUT2D eigenvalue weighted by Crippen LogP contribution is 2.27. The van der Waals surface area contributed by atoms with Crippen molar-refractivity contribution in [3.05, 3.63) is 77.1 Å². The van der Waals surface area contributed by atoms with Crippen LogP contribution in [0.2, 0.25) is 0 Å². The molecule has 6 nitrogen and oxygen atoms in total. The molecule has 2 aromatic heterocycles. The van der Waals surface area contributed by atoms with Gasteiger partial charge in [-0.2, -0.15) is 5.10 Å². The first-order chi connectivity index (χ1) is 13.4. The molecular weight excluding hydrogens is 372 g/mol. The lowest BCUT2D eigenvalue weighted by molar-refractivity contribution is -0.123. The summed E-state index contributed by atoms with van der Waals surface area (Å²) in [5.74, 6) is -0.355. The number of aromatic nitrogens is 3. The number of amides is 1. The number of thiazole rings is 1. The van der Waals surface area contributed by atoms with Crippen molar-refractivity contribution in [1.82, 2.24) is 14.8 Å². The molecule has 4 rings (SSSR count). The molecule has 7 heteroatoms. The minimum absolute atomic E-state index is 0.343. The molecule has 0 radical (unpaired) electrons. The highest BCUT2D eigenvalue weighted by Gasteiger charge is 2.33. The lowest BCUT2D eigenvalue weighted by atomic mass is 10.0. The average molecular weight is 390 g/mol. The molecule has 2 aromatic carbocycles. The fourth-order valence-electron chi connectivity index (χ4n) is 2.85. The standard InChI is InChI=1S/C21H18N4O2S/c1-21(2,19(27)23-20-22-16-10-6-7-11-17(16)28-20)25-18(26)13-12-15(24-25)14-8-4-3-5-9-14/h3-13H,1-2H3,(H,22,23,27). The Morgan fingerprint density at radius 2 is 1.71 bits per heavy atom. The molecule has 28 heavy (non-hydrogen) atoms. The molecule has 0 atom stereocenters. The molecule has 0 fully saturated rings. The number of carbonyl (C=O) groups is 1.